The van der Waals surface area contributed by atoms with E-state index in [9.17, 15) is 4.79 Å². The molecule has 0 radical (unpaired) electrons. The van der Waals surface area contributed by atoms with Gasteiger partial charge in [0, 0.05) is 6.92 Å². The van der Waals surface area contributed by atoms with Gasteiger partial charge in [0.1, 0.15) is 5.75 Å². The summed E-state index contributed by atoms with van der Waals surface area (Å²) < 4.78 is 5.37. The zero-order valence-electron chi connectivity index (χ0n) is 14.4. The SMILES string of the molecule is COc1cc(C(C)Nc2nc(NC(C)=O)nc(SC)n2)ccc1C. The number of rotatable bonds is 6. The van der Waals surface area contributed by atoms with Crippen LogP contribution in [0.4, 0.5) is 11.9 Å². The monoisotopic (exact) mass is 347 g/mol. The molecule has 0 saturated heterocycles. The molecule has 0 bridgehead atoms. The van der Waals surface area contributed by atoms with E-state index < -0.39 is 0 Å². The van der Waals surface area contributed by atoms with Crippen LogP contribution in [0.2, 0.25) is 0 Å². The molecule has 0 aliphatic carbocycles. The molecule has 2 rings (SSSR count). The van der Waals surface area contributed by atoms with Crippen molar-refractivity contribution in [1.29, 1.82) is 0 Å². The van der Waals surface area contributed by atoms with Crippen molar-refractivity contribution in [1.82, 2.24) is 15.0 Å². The summed E-state index contributed by atoms with van der Waals surface area (Å²) in [5.74, 6) is 1.25. The number of hydrogen-bond donors (Lipinski definition) is 2. The molecule has 24 heavy (non-hydrogen) atoms. The molecule has 1 aromatic carbocycles. The minimum absolute atomic E-state index is 0.0400. The fraction of sp³-hybridized carbons (Fsp3) is 0.375. The molecular formula is C16H21N5O2S. The quantitative estimate of drug-likeness (QED) is 0.776. The van der Waals surface area contributed by atoms with Crippen molar-refractivity contribution in [3.63, 3.8) is 0 Å². The Morgan fingerprint density at radius 2 is 1.96 bits per heavy atom. The Morgan fingerprint density at radius 3 is 2.58 bits per heavy atom. The second-order valence-electron chi connectivity index (χ2n) is 5.25. The Bertz CT molecular complexity index is 738. The zero-order valence-corrected chi connectivity index (χ0v) is 15.2. The molecule has 0 fully saturated rings. The Balaban J connectivity index is 2.24. The molecule has 0 saturated carbocycles. The van der Waals surface area contributed by atoms with E-state index in [4.69, 9.17) is 4.74 Å². The molecule has 128 valence electrons. The summed E-state index contributed by atoms with van der Waals surface area (Å²) in [4.78, 5) is 23.9. The standard InChI is InChI=1S/C16H21N5O2S/c1-9-6-7-12(8-13(9)23-4)10(2)17-14-19-15(18-11(3)22)21-16(20-14)24-5/h6-8,10H,1-5H3,(H2,17,18,19,20,21,22). The summed E-state index contributed by atoms with van der Waals surface area (Å²) in [7, 11) is 1.65. The Morgan fingerprint density at radius 1 is 1.25 bits per heavy atom. The second kappa shape index (κ2) is 7.96. The molecule has 8 heteroatoms. The van der Waals surface area contributed by atoms with Gasteiger partial charge in [-0.05, 0) is 37.3 Å². The summed E-state index contributed by atoms with van der Waals surface area (Å²) >= 11 is 1.38. The fourth-order valence-corrected chi connectivity index (χ4v) is 2.46. The van der Waals surface area contributed by atoms with Crippen LogP contribution < -0.4 is 15.4 Å². The van der Waals surface area contributed by atoms with Crippen LogP contribution >= 0.6 is 11.8 Å². The molecule has 1 heterocycles. The first-order chi connectivity index (χ1) is 11.4. The molecule has 0 aliphatic rings. The highest BCUT2D eigenvalue weighted by atomic mass is 32.2. The van der Waals surface area contributed by atoms with E-state index in [1.54, 1.807) is 7.11 Å². The van der Waals surface area contributed by atoms with E-state index in [1.807, 2.05) is 38.3 Å². The number of nitrogens with one attached hydrogen (secondary N) is 2. The third-order valence-corrected chi connectivity index (χ3v) is 3.91. The zero-order chi connectivity index (χ0) is 17.7. The average molecular weight is 347 g/mol. The van der Waals surface area contributed by atoms with Gasteiger partial charge in [-0.3, -0.25) is 10.1 Å². The van der Waals surface area contributed by atoms with E-state index >= 15 is 0 Å². The normalized spacial score (nSPS) is 11.7. The molecule has 0 spiro atoms. The van der Waals surface area contributed by atoms with E-state index in [1.165, 1.54) is 18.7 Å². The van der Waals surface area contributed by atoms with Crippen molar-refractivity contribution in [2.24, 2.45) is 0 Å². The maximum Gasteiger partial charge on any atom is 0.235 e. The van der Waals surface area contributed by atoms with Gasteiger partial charge in [-0.2, -0.15) is 15.0 Å². The third-order valence-electron chi connectivity index (χ3n) is 3.36. The van der Waals surface area contributed by atoms with Crippen LogP contribution in [0.1, 0.15) is 31.0 Å². The highest BCUT2D eigenvalue weighted by molar-refractivity contribution is 7.98. The number of aromatic nitrogens is 3. The van der Waals surface area contributed by atoms with Gasteiger partial charge in [0.05, 0.1) is 13.2 Å². The lowest BCUT2D eigenvalue weighted by atomic mass is 10.1. The predicted octanol–water partition coefficient (Wildman–Crippen LogP) is 3.04. The highest BCUT2D eigenvalue weighted by Gasteiger charge is 2.12. The summed E-state index contributed by atoms with van der Waals surface area (Å²) in [5.41, 5.74) is 2.12. The molecule has 2 N–H and O–H groups in total. The molecule has 0 aliphatic heterocycles. The largest absolute Gasteiger partial charge is 0.496 e. The van der Waals surface area contributed by atoms with Gasteiger partial charge in [-0.15, -0.1) is 0 Å². The van der Waals surface area contributed by atoms with Crippen LogP contribution in [0.25, 0.3) is 0 Å². The lowest BCUT2D eigenvalue weighted by Crippen LogP contribution is -2.14. The van der Waals surface area contributed by atoms with Gasteiger partial charge >= 0.3 is 0 Å². The van der Waals surface area contributed by atoms with Crippen molar-refractivity contribution in [3.8, 4) is 5.75 Å². The first-order valence-corrected chi connectivity index (χ1v) is 8.64. The van der Waals surface area contributed by atoms with Gasteiger partial charge in [-0.25, -0.2) is 0 Å². The minimum atomic E-state index is -0.226. The van der Waals surface area contributed by atoms with Gasteiger partial charge in [0.2, 0.25) is 17.8 Å². The van der Waals surface area contributed by atoms with Crippen LogP contribution in [0.3, 0.4) is 0 Å². The number of anilines is 2. The minimum Gasteiger partial charge on any atom is -0.496 e. The summed E-state index contributed by atoms with van der Waals surface area (Å²) in [6, 6.07) is 5.98. The number of amides is 1. The number of nitrogens with zero attached hydrogens (tertiary/aromatic N) is 3. The topological polar surface area (TPSA) is 89.0 Å². The molecule has 1 amide bonds. The van der Waals surface area contributed by atoms with E-state index in [0.717, 1.165) is 16.9 Å². The number of aryl methyl sites for hydroxylation is 1. The Kier molecular flexibility index (Phi) is 5.97. The molecule has 1 atom stereocenters. The summed E-state index contributed by atoms with van der Waals surface area (Å²) in [5, 5.41) is 6.35. The van der Waals surface area contributed by atoms with Crippen LogP contribution in [0.15, 0.2) is 23.4 Å². The van der Waals surface area contributed by atoms with Gasteiger partial charge in [-0.1, -0.05) is 23.9 Å². The first kappa shape index (κ1) is 18.0. The molecule has 7 nitrogen and oxygen atoms in total. The number of carbonyl (C=O) groups excluding carboxylic acids is 1. The van der Waals surface area contributed by atoms with E-state index in [-0.39, 0.29) is 17.9 Å². The Hall–Kier alpha value is -2.35. The first-order valence-electron chi connectivity index (χ1n) is 7.41. The van der Waals surface area contributed by atoms with Gasteiger partial charge < -0.3 is 10.1 Å². The van der Waals surface area contributed by atoms with Gasteiger partial charge in [0.25, 0.3) is 0 Å². The molecule has 2 aromatic rings. The van der Waals surface area contributed by atoms with Crippen LogP contribution in [0.5, 0.6) is 5.75 Å². The predicted molar refractivity (Wildman–Crippen MR) is 95.7 cm³/mol. The van der Waals surface area contributed by atoms with Gasteiger partial charge in [0.15, 0.2) is 5.16 Å². The molecule has 1 unspecified atom stereocenters. The van der Waals surface area contributed by atoms with Crippen molar-refractivity contribution >= 4 is 29.6 Å². The molecule has 1 aromatic heterocycles. The van der Waals surface area contributed by atoms with Crippen molar-refractivity contribution in [2.45, 2.75) is 32.0 Å². The number of thioether (sulfide) groups is 1. The lowest BCUT2D eigenvalue weighted by molar-refractivity contribution is -0.114. The van der Waals surface area contributed by atoms with E-state index in [0.29, 0.717) is 11.1 Å². The van der Waals surface area contributed by atoms with Crippen molar-refractivity contribution < 1.29 is 9.53 Å². The van der Waals surface area contributed by atoms with Crippen molar-refractivity contribution in [2.75, 3.05) is 24.0 Å². The number of ether oxygens (including phenoxy) is 1. The van der Waals surface area contributed by atoms with Crippen molar-refractivity contribution in [3.05, 3.63) is 29.3 Å². The van der Waals surface area contributed by atoms with Crippen LogP contribution in [-0.4, -0.2) is 34.2 Å². The maximum atomic E-state index is 11.2. The number of methoxy groups -OCH3 is 1. The third kappa shape index (κ3) is 4.58. The average Bonchev–Trinajstić information content (AvgIpc) is 2.54. The molecular weight excluding hydrogens is 326 g/mol. The second-order valence-corrected chi connectivity index (χ2v) is 6.02. The summed E-state index contributed by atoms with van der Waals surface area (Å²) in [6.07, 6.45) is 1.87. The number of carbonyl (C=O) groups is 1. The number of benzene rings is 1. The van der Waals surface area contributed by atoms with E-state index in [2.05, 4.69) is 25.6 Å². The highest BCUT2D eigenvalue weighted by Crippen LogP contribution is 2.25. The van der Waals surface area contributed by atoms with Crippen LogP contribution in [-0.2, 0) is 4.79 Å². The fourth-order valence-electron chi connectivity index (χ4n) is 2.11. The number of hydrogen-bond acceptors (Lipinski definition) is 7. The lowest BCUT2D eigenvalue weighted by Gasteiger charge is -2.16. The van der Waals surface area contributed by atoms with Crippen LogP contribution in [0, 0.1) is 6.92 Å². The smallest absolute Gasteiger partial charge is 0.235 e. The summed E-state index contributed by atoms with van der Waals surface area (Å²) in [6.45, 7) is 5.42. The Labute approximate surface area is 145 Å². The maximum absolute atomic E-state index is 11.2.